The van der Waals surface area contributed by atoms with Gasteiger partial charge in [0.15, 0.2) is 0 Å². The van der Waals surface area contributed by atoms with Crippen molar-refractivity contribution in [3.05, 3.63) is 35.4 Å². The number of benzene rings is 1. The summed E-state index contributed by atoms with van der Waals surface area (Å²) in [6, 6.07) is 8.56. The Morgan fingerprint density at radius 3 is 2.32 bits per heavy atom. The van der Waals surface area contributed by atoms with Crippen molar-refractivity contribution in [3.63, 3.8) is 0 Å². The molecule has 0 aliphatic heterocycles. The van der Waals surface area contributed by atoms with Crippen molar-refractivity contribution in [2.24, 2.45) is 5.92 Å². The number of amides is 1. The summed E-state index contributed by atoms with van der Waals surface area (Å²) < 4.78 is 0. The first-order valence-electron chi connectivity index (χ1n) is 8.90. The fraction of sp³-hybridized carbons (Fsp3) is 0.650. The van der Waals surface area contributed by atoms with Crippen LogP contribution in [0.4, 0.5) is 0 Å². The van der Waals surface area contributed by atoms with Crippen LogP contribution in [-0.4, -0.2) is 12.5 Å². The first kappa shape index (κ1) is 20.7. The van der Waals surface area contributed by atoms with Gasteiger partial charge in [-0.15, -0.1) is 0 Å². The minimum absolute atomic E-state index is 0. The highest BCUT2D eigenvalue weighted by Crippen LogP contribution is 2.07. The minimum atomic E-state index is 0. The Hall–Kier alpha value is -1.31. The fourth-order valence-electron chi connectivity index (χ4n) is 2.20. The van der Waals surface area contributed by atoms with Gasteiger partial charge in [-0.3, -0.25) is 4.79 Å². The lowest BCUT2D eigenvalue weighted by molar-refractivity contribution is -0.121. The Morgan fingerprint density at radius 1 is 1.09 bits per heavy atom. The molecule has 2 nitrogen and oxygen atoms in total. The second kappa shape index (κ2) is 13.4. The molecule has 0 aliphatic rings. The molecular formula is C20H37NO. The summed E-state index contributed by atoms with van der Waals surface area (Å²) >= 11 is 0. The lowest BCUT2D eigenvalue weighted by Crippen LogP contribution is -2.24. The van der Waals surface area contributed by atoms with Gasteiger partial charge in [-0.2, -0.15) is 0 Å². The van der Waals surface area contributed by atoms with E-state index in [0.717, 1.165) is 31.7 Å². The molecule has 0 fully saturated rings. The molecule has 1 aromatic carbocycles. The molecule has 0 heterocycles. The molecule has 0 spiro atoms. The SMILES string of the molecule is CC.Cc1ccc(CCCC(=O)NCCCCC(C)C)cc1.[HH]. The molecule has 0 aliphatic carbocycles. The first-order valence-corrected chi connectivity index (χ1v) is 8.90. The van der Waals surface area contributed by atoms with Gasteiger partial charge in [0.1, 0.15) is 0 Å². The van der Waals surface area contributed by atoms with Gasteiger partial charge in [-0.05, 0) is 37.7 Å². The van der Waals surface area contributed by atoms with Crippen molar-refractivity contribution in [2.45, 2.75) is 73.1 Å². The molecule has 1 amide bonds. The molecule has 0 unspecified atom stereocenters. The zero-order valence-electron chi connectivity index (χ0n) is 15.2. The highest BCUT2D eigenvalue weighted by Gasteiger charge is 2.01. The highest BCUT2D eigenvalue weighted by molar-refractivity contribution is 5.75. The van der Waals surface area contributed by atoms with Gasteiger partial charge in [0, 0.05) is 14.4 Å². The van der Waals surface area contributed by atoms with Crippen LogP contribution in [0.1, 0.15) is 72.4 Å². The lowest BCUT2D eigenvalue weighted by Gasteiger charge is -2.07. The Balaban J connectivity index is 0. The molecule has 22 heavy (non-hydrogen) atoms. The zero-order chi connectivity index (χ0) is 16.8. The number of carbonyl (C=O) groups excluding carboxylic acids is 1. The highest BCUT2D eigenvalue weighted by atomic mass is 16.1. The summed E-state index contributed by atoms with van der Waals surface area (Å²) in [6.45, 7) is 11.4. The van der Waals surface area contributed by atoms with Gasteiger partial charge in [-0.1, -0.05) is 70.4 Å². The maximum atomic E-state index is 11.7. The molecule has 128 valence electrons. The van der Waals surface area contributed by atoms with Crippen LogP contribution < -0.4 is 5.32 Å². The van der Waals surface area contributed by atoms with Crippen molar-refractivity contribution < 1.29 is 6.22 Å². The Morgan fingerprint density at radius 2 is 1.73 bits per heavy atom. The summed E-state index contributed by atoms with van der Waals surface area (Å²) in [6.07, 6.45) is 6.12. The van der Waals surface area contributed by atoms with Crippen molar-refractivity contribution in [1.29, 1.82) is 0 Å². The van der Waals surface area contributed by atoms with Gasteiger partial charge in [0.05, 0.1) is 0 Å². The molecule has 1 rings (SSSR count). The van der Waals surface area contributed by atoms with E-state index in [2.05, 4.69) is 50.4 Å². The van der Waals surface area contributed by atoms with Crippen LogP contribution in [0.2, 0.25) is 0 Å². The predicted octanol–water partition coefficient (Wildman–Crippen LogP) is 5.53. The van der Waals surface area contributed by atoms with E-state index < -0.39 is 0 Å². The smallest absolute Gasteiger partial charge is 0.220 e. The quantitative estimate of drug-likeness (QED) is 0.597. The Kier molecular flexibility index (Phi) is 12.6. The Bertz CT molecular complexity index is 387. The monoisotopic (exact) mass is 307 g/mol. The predicted molar refractivity (Wildman–Crippen MR) is 99.3 cm³/mol. The third-order valence-corrected chi connectivity index (χ3v) is 3.52. The number of hydrogen-bond donors (Lipinski definition) is 1. The van der Waals surface area contributed by atoms with E-state index in [1.54, 1.807) is 0 Å². The zero-order valence-corrected chi connectivity index (χ0v) is 15.2. The summed E-state index contributed by atoms with van der Waals surface area (Å²) in [5.74, 6) is 0.960. The van der Waals surface area contributed by atoms with Crippen molar-refractivity contribution in [3.8, 4) is 0 Å². The van der Waals surface area contributed by atoms with Crippen molar-refractivity contribution >= 4 is 5.91 Å². The van der Waals surface area contributed by atoms with Gasteiger partial charge in [0.25, 0.3) is 0 Å². The van der Waals surface area contributed by atoms with Crippen LogP contribution in [0.15, 0.2) is 24.3 Å². The van der Waals surface area contributed by atoms with E-state index in [9.17, 15) is 4.79 Å². The normalized spacial score (nSPS) is 10.1. The molecule has 1 aromatic rings. The van der Waals surface area contributed by atoms with Gasteiger partial charge in [0.2, 0.25) is 5.91 Å². The van der Waals surface area contributed by atoms with Gasteiger partial charge < -0.3 is 5.32 Å². The first-order chi connectivity index (χ1) is 10.6. The fourth-order valence-corrected chi connectivity index (χ4v) is 2.20. The molecule has 0 atom stereocenters. The Labute approximate surface area is 139 Å². The average Bonchev–Trinajstić information content (AvgIpc) is 2.50. The van der Waals surface area contributed by atoms with Crippen LogP contribution in [0.5, 0.6) is 0 Å². The van der Waals surface area contributed by atoms with Crippen LogP contribution >= 0.6 is 0 Å². The molecule has 0 saturated carbocycles. The number of hydrogen-bond acceptors (Lipinski definition) is 1. The van der Waals surface area contributed by atoms with E-state index in [0.29, 0.717) is 6.42 Å². The molecule has 0 saturated heterocycles. The average molecular weight is 308 g/mol. The summed E-state index contributed by atoms with van der Waals surface area (Å²) in [7, 11) is 0. The molecule has 2 heteroatoms. The number of nitrogens with one attached hydrogen (secondary N) is 1. The van der Waals surface area contributed by atoms with Gasteiger partial charge >= 0.3 is 0 Å². The molecule has 0 radical (unpaired) electrons. The topological polar surface area (TPSA) is 29.1 Å². The standard InChI is InChI=1S/C18H29NO.C2H6.H2/c1-15(2)7-4-5-14-19-18(20)9-6-8-17-12-10-16(3)11-13-17;1-2;/h10-13,15H,4-9,14H2,1-3H3,(H,19,20);1-2H3;1H. The van der Waals surface area contributed by atoms with Crippen LogP contribution in [0.25, 0.3) is 0 Å². The van der Waals surface area contributed by atoms with Crippen LogP contribution in [-0.2, 0) is 11.2 Å². The maximum absolute atomic E-state index is 11.7. The minimum Gasteiger partial charge on any atom is -0.356 e. The van der Waals surface area contributed by atoms with Crippen molar-refractivity contribution in [1.82, 2.24) is 5.32 Å². The maximum Gasteiger partial charge on any atom is 0.220 e. The third-order valence-electron chi connectivity index (χ3n) is 3.52. The van der Waals surface area contributed by atoms with E-state index >= 15 is 0 Å². The van der Waals surface area contributed by atoms with Crippen LogP contribution in [0.3, 0.4) is 0 Å². The molecule has 1 N–H and O–H groups in total. The number of carbonyl (C=O) groups is 1. The van der Waals surface area contributed by atoms with E-state index in [4.69, 9.17) is 0 Å². The number of rotatable bonds is 9. The second-order valence-electron chi connectivity index (χ2n) is 6.08. The summed E-state index contributed by atoms with van der Waals surface area (Å²) in [5, 5.41) is 3.01. The van der Waals surface area contributed by atoms with Gasteiger partial charge in [-0.25, -0.2) is 0 Å². The van der Waals surface area contributed by atoms with E-state index in [-0.39, 0.29) is 7.33 Å². The summed E-state index contributed by atoms with van der Waals surface area (Å²) in [5.41, 5.74) is 2.60. The molecule has 0 bridgehead atoms. The van der Waals surface area contributed by atoms with Crippen LogP contribution in [0, 0.1) is 12.8 Å². The van der Waals surface area contributed by atoms with E-state index in [1.807, 2.05) is 13.8 Å². The third kappa shape index (κ3) is 11.4. The second-order valence-corrected chi connectivity index (χ2v) is 6.08. The molecule has 0 aromatic heterocycles. The number of unbranched alkanes of at least 4 members (excludes halogenated alkanes) is 1. The molecular weight excluding hydrogens is 270 g/mol. The number of aryl methyl sites for hydroxylation is 2. The van der Waals surface area contributed by atoms with E-state index in [1.165, 1.54) is 24.0 Å². The summed E-state index contributed by atoms with van der Waals surface area (Å²) in [4.78, 5) is 11.7. The lowest BCUT2D eigenvalue weighted by atomic mass is 10.1. The van der Waals surface area contributed by atoms with Crippen molar-refractivity contribution in [2.75, 3.05) is 6.54 Å². The largest absolute Gasteiger partial charge is 0.356 e.